The Morgan fingerprint density at radius 3 is 2.26 bits per heavy atom. The van der Waals surface area contributed by atoms with Gasteiger partial charge in [0.05, 0.1) is 6.61 Å². The van der Waals surface area contributed by atoms with Crippen LogP contribution in [0.3, 0.4) is 0 Å². The summed E-state index contributed by atoms with van der Waals surface area (Å²) in [5.41, 5.74) is 1.31. The van der Waals surface area contributed by atoms with E-state index in [1.54, 1.807) is 0 Å². The molecule has 0 radical (unpaired) electrons. The summed E-state index contributed by atoms with van der Waals surface area (Å²) in [6.45, 7) is 10.6. The number of thioether (sulfide) groups is 1. The van der Waals surface area contributed by atoms with Crippen LogP contribution in [0.25, 0.3) is 0 Å². The fraction of sp³-hybridized carbons (Fsp3) is 0.625. The van der Waals surface area contributed by atoms with Gasteiger partial charge >= 0.3 is 0 Å². The van der Waals surface area contributed by atoms with Crippen LogP contribution in [0, 0.1) is 5.92 Å². The van der Waals surface area contributed by atoms with Crippen molar-refractivity contribution in [2.45, 2.75) is 39.0 Å². The minimum absolute atomic E-state index is 0.383. The lowest BCUT2D eigenvalue weighted by Gasteiger charge is -2.17. The van der Waals surface area contributed by atoms with Crippen molar-refractivity contribution in [3.8, 4) is 5.75 Å². The number of hydrogen-bond donors (Lipinski definition) is 1. The minimum atomic E-state index is 0.383. The highest BCUT2D eigenvalue weighted by Crippen LogP contribution is 2.18. The van der Waals surface area contributed by atoms with Crippen molar-refractivity contribution < 1.29 is 4.74 Å². The van der Waals surface area contributed by atoms with Gasteiger partial charge in [0.25, 0.3) is 0 Å². The van der Waals surface area contributed by atoms with Crippen LogP contribution in [0.1, 0.15) is 39.3 Å². The number of ether oxygens (including phenoxy) is 1. The number of benzene rings is 1. The average Bonchev–Trinajstić information content (AvgIpc) is 2.42. The monoisotopic (exact) mass is 281 g/mol. The second-order valence-corrected chi connectivity index (χ2v) is 6.73. The molecular formula is C16H27NOS. The highest BCUT2D eigenvalue weighted by molar-refractivity contribution is 7.99. The normalized spacial score (nSPS) is 14.4. The van der Waals surface area contributed by atoms with Gasteiger partial charge in [-0.2, -0.15) is 11.8 Å². The molecule has 0 saturated heterocycles. The molecule has 1 rings (SSSR count). The lowest BCUT2D eigenvalue weighted by Crippen LogP contribution is -2.25. The van der Waals surface area contributed by atoms with Crippen molar-refractivity contribution in [2.75, 3.05) is 19.4 Å². The van der Waals surface area contributed by atoms with Crippen LogP contribution >= 0.6 is 11.8 Å². The van der Waals surface area contributed by atoms with Crippen molar-refractivity contribution >= 4 is 11.8 Å². The summed E-state index contributed by atoms with van der Waals surface area (Å²) in [6, 6.07) is 8.81. The van der Waals surface area contributed by atoms with Gasteiger partial charge in [0, 0.05) is 17.8 Å². The maximum Gasteiger partial charge on any atom is 0.119 e. The second-order valence-electron chi connectivity index (χ2n) is 5.45. The van der Waals surface area contributed by atoms with Gasteiger partial charge in [0.15, 0.2) is 0 Å². The van der Waals surface area contributed by atoms with Crippen LogP contribution < -0.4 is 10.1 Å². The molecule has 3 heteroatoms. The first-order chi connectivity index (χ1) is 9.02. The lowest BCUT2D eigenvalue weighted by molar-refractivity contribution is 0.271. The van der Waals surface area contributed by atoms with E-state index in [4.69, 9.17) is 4.74 Å². The maximum atomic E-state index is 5.69. The van der Waals surface area contributed by atoms with Gasteiger partial charge in [-0.05, 0) is 36.8 Å². The van der Waals surface area contributed by atoms with Gasteiger partial charge in [0.1, 0.15) is 5.75 Å². The van der Waals surface area contributed by atoms with E-state index in [0.717, 1.165) is 18.9 Å². The third-order valence-electron chi connectivity index (χ3n) is 3.08. The zero-order valence-corrected chi connectivity index (χ0v) is 13.6. The van der Waals surface area contributed by atoms with Gasteiger partial charge in [0.2, 0.25) is 0 Å². The molecule has 0 aliphatic carbocycles. The lowest BCUT2D eigenvalue weighted by atomic mass is 10.1. The van der Waals surface area contributed by atoms with Crippen LogP contribution in [0.4, 0.5) is 0 Å². The van der Waals surface area contributed by atoms with E-state index in [2.05, 4.69) is 63.5 Å². The van der Waals surface area contributed by atoms with Gasteiger partial charge in [-0.1, -0.05) is 32.9 Å². The summed E-state index contributed by atoms with van der Waals surface area (Å²) in [5.74, 6) is 1.52. The Kier molecular flexibility index (Phi) is 7.32. The van der Waals surface area contributed by atoms with Gasteiger partial charge < -0.3 is 10.1 Å². The van der Waals surface area contributed by atoms with Crippen LogP contribution in [-0.4, -0.2) is 24.7 Å². The summed E-state index contributed by atoms with van der Waals surface area (Å²) in [7, 11) is 0. The maximum absolute atomic E-state index is 5.69. The molecule has 0 aliphatic heterocycles. The van der Waals surface area contributed by atoms with E-state index in [1.807, 2.05) is 11.8 Å². The van der Waals surface area contributed by atoms with Crippen molar-refractivity contribution in [1.29, 1.82) is 0 Å². The molecule has 19 heavy (non-hydrogen) atoms. The zero-order valence-electron chi connectivity index (χ0n) is 12.8. The van der Waals surface area contributed by atoms with Gasteiger partial charge in [-0.3, -0.25) is 0 Å². The average molecular weight is 281 g/mol. The Morgan fingerprint density at radius 1 is 1.11 bits per heavy atom. The third-order valence-corrected chi connectivity index (χ3v) is 4.05. The Hall–Kier alpha value is -0.670. The molecule has 2 unspecified atom stereocenters. The highest BCUT2D eigenvalue weighted by atomic mass is 32.2. The van der Waals surface area contributed by atoms with Crippen molar-refractivity contribution in [1.82, 2.24) is 5.32 Å². The predicted molar refractivity (Wildman–Crippen MR) is 86.2 cm³/mol. The molecule has 108 valence electrons. The molecule has 0 heterocycles. The standard InChI is InChI=1S/C16H27NOS/c1-12(2)11-18-16-8-6-15(7-9-16)14(4)17-10-13(3)19-5/h6-9,12-14,17H,10-11H2,1-5H3. The van der Waals surface area contributed by atoms with Crippen LogP contribution in [0.15, 0.2) is 24.3 Å². The third kappa shape index (κ3) is 6.35. The molecule has 2 nitrogen and oxygen atoms in total. The van der Waals surface area contributed by atoms with Crippen LogP contribution in [-0.2, 0) is 0 Å². The summed E-state index contributed by atoms with van der Waals surface area (Å²) in [4.78, 5) is 0. The van der Waals surface area contributed by atoms with Gasteiger partial charge in [-0.15, -0.1) is 0 Å². The molecular weight excluding hydrogens is 254 g/mol. The number of rotatable bonds is 8. The van der Waals surface area contributed by atoms with E-state index in [0.29, 0.717) is 17.2 Å². The van der Waals surface area contributed by atoms with Gasteiger partial charge in [-0.25, -0.2) is 0 Å². The van der Waals surface area contributed by atoms with E-state index in [-0.39, 0.29) is 0 Å². The first-order valence-corrected chi connectivity index (χ1v) is 8.30. The Balaban J connectivity index is 2.46. The summed E-state index contributed by atoms with van der Waals surface area (Å²) < 4.78 is 5.69. The summed E-state index contributed by atoms with van der Waals surface area (Å²) >= 11 is 1.89. The fourth-order valence-corrected chi connectivity index (χ4v) is 1.92. The zero-order chi connectivity index (χ0) is 14.3. The van der Waals surface area contributed by atoms with E-state index in [1.165, 1.54) is 5.56 Å². The van der Waals surface area contributed by atoms with Crippen LogP contribution in [0.5, 0.6) is 5.75 Å². The quantitative estimate of drug-likeness (QED) is 0.774. The first-order valence-electron chi connectivity index (χ1n) is 7.01. The molecule has 0 spiro atoms. The first kappa shape index (κ1) is 16.4. The predicted octanol–water partition coefficient (Wildman–Crippen LogP) is 4.12. The van der Waals surface area contributed by atoms with E-state index >= 15 is 0 Å². The summed E-state index contributed by atoms with van der Waals surface area (Å²) in [6.07, 6.45) is 2.15. The molecule has 1 aromatic rings. The highest BCUT2D eigenvalue weighted by Gasteiger charge is 2.07. The second kappa shape index (κ2) is 8.49. The van der Waals surface area contributed by atoms with Crippen molar-refractivity contribution in [2.24, 2.45) is 5.92 Å². The minimum Gasteiger partial charge on any atom is -0.493 e. The smallest absolute Gasteiger partial charge is 0.119 e. The Bertz CT molecular complexity index is 350. The van der Waals surface area contributed by atoms with Crippen LogP contribution in [0.2, 0.25) is 0 Å². The van der Waals surface area contributed by atoms with E-state index in [9.17, 15) is 0 Å². The molecule has 0 saturated carbocycles. The molecule has 0 aromatic heterocycles. The number of nitrogens with one attached hydrogen (secondary N) is 1. The largest absolute Gasteiger partial charge is 0.493 e. The molecule has 1 aromatic carbocycles. The van der Waals surface area contributed by atoms with Crippen molar-refractivity contribution in [3.63, 3.8) is 0 Å². The van der Waals surface area contributed by atoms with E-state index < -0.39 is 0 Å². The van der Waals surface area contributed by atoms with Crippen molar-refractivity contribution in [3.05, 3.63) is 29.8 Å². The topological polar surface area (TPSA) is 21.3 Å². The molecule has 0 fully saturated rings. The number of hydrogen-bond acceptors (Lipinski definition) is 3. The molecule has 2 atom stereocenters. The molecule has 1 N–H and O–H groups in total. The molecule has 0 aliphatic rings. The Morgan fingerprint density at radius 2 is 1.74 bits per heavy atom. The Labute approximate surface area is 122 Å². The molecule has 0 bridgehead atoms. The summed E-state index contributed by atoms with van der Waals surface area (Å²) in [5, 5.41) is 4.21. The fourth-order valence-electron chi connectivity index (χ4n) is 1.66. The SMILES string of the molecule is CSC(C)CNC(C)c1ccc(OCC(C)C)cc1. The molecule has 0 amide bonds.